The molecule has 6 heteroatoms. The summed E-state index contributed by atoms with van der Waals surface area (Å²) in [5.74, 6) is -2.51. The first kappa shape index (κ1) is 18.4. The van der Waals surface area contributed by atoms with Crippen LogP contribution in [0.3, 0.4) is 0 Å². The Morgan fingerprint density at radius 1 is 0.960 bits per heavy atom. The molecule has 2 aromatic rings. The number of nitrogens with two attached hydrogens (primary N) is 1. The molecule has 0 atom stereocenters. The number of carbonyl (C=O) groups is 2. The zero-order valence-corrected chi connectivity index (χ0v) is 13.9. The fourth-order valence-electron chi connectivity index (χ4n) is 2.91. The summed E-state index contributed by atoms with van der Waals surface area (Å²) in [7, 11) is 0. The van der Waals surface area contributed by atoms with Crippen molar-refractivity contribution in [3.05, 3.63) is 47.7 Å². The van der Waals surface area contributed by atoms with Crippen molar-refractivity contribution in [1.82, 2.24) is 4.98 Å². The van der Waals surface area contributed by atoms with Crippen LogP contribution in [0.5, 0.6) is 0 Å². The molecular weight excluding hydrogens is 320 g/mol. The predicted molar refractivity (Wildman–Crippen MR) is 96.4 cm³/mol. The van der Waals surface area contributed by atoms with E-state index in [1.54, 1.807) is 0 Å². The second-order valence-electron chi connectivity index (χ2n) is 5.89. The minimum atomic E-state index is -1.26. The van der Waals surface area contributed by atoms with Crippen LogP contribution in [0.15, 0.2) is 36.4 Å². The number of para-hydroxylation sites is 1. The zero-order chi connectivity index (χ0) is 18.2. The highest BCUT2D eigenvalue weighted by Gasteiger charge is 2.14. The summed E-state index contributed by atoms with van der Waals surface area (Å²) in [5.41, 5.74) is 10.9. The van der Waals surface area contributed by atoms with E-state index in [9.17, 15) is 9.59 Å². The lowest BCUT2D eigenvalue weighted by Gasteiger charge is -2.16. The highest BCUT2D eigenvalue weighted by atomic mass is 16.4. The Bertz CT molecular complexity index is 783. The molecule has 3 rings (SSSR count). The van der Waals surface area contributed by atoms with E-state index in [2.05, 4.69) is 12.1 Å². The summed E-state index contributed by atoms with van der Waals surface area (Å²) in [6.07, 6.45) is 8.45. The van der Waals surface area contributed by atoms with Gasteiger partial charge in [-0.05, 0) is 37.3 Å². The number of hydrogen-bond acceptors (Lipinski definition) is 4. The number of carboxylic acid groups (broad SMARTS) is 2. The maximum atomic E-state index is 9.55. The van der Waals surface area contributed by atoms with Crippen LogP contribution in [-0.4, -0.2) is 27.1 Å². The van der Waals surface area contributed by atoms with E-state index in [1.807, 2.05) is 12.1 Å². The van der Waals surface area contributed by atoms with Gasteiger partial charge in [-0.1, -0.05) is 31.0 Å². The quantitative estimate of drug-likeness (QED) is 0.722. The van der Waals surface area contributed by atoms with E-state index in [0.717, 1.165) is 29.4 Å². The Balaban J connectivity index is 0.000000242. The normalized spacial score (nSPS) is 14.1. The maximum absolute atomic E-state index is 9.55. The summed E-state index contributed by atoms with van der Waals surface area (Å²) in [4.78, 5) is 23.9. The number of benzene rings is 1. The number of fused-ring (bicyclic) bond motifs is 2. The number of rotatable bonds is 2. The third-order valence-corrected chi connectivity index (χ3v) is 4.08. The lowest BCUT2D eigenvalue weighted by molar-refractivity contribution is -0.134. The van der Waals surface area contributed by atoms with Crippen LogP contribution in [-0.2, 0) is 22.4 Å². The minimum Gasteiger partial charge on any atom is -0.478 e. The molecule has 0 bridgehead atoms. The molecular formula is C19H22N2O4. The molecule has 0 saturated heterocycles. The fraction of sp³-hybridized carbons (Fsp3) is 0.316. The SMILES string of the molecule is Nc1c2c(nc3ccccc13)CCCCCC2.O=C(O)/C=C\C(=O)O. The number of pyridine rings is 1. The van der Waals surface area contributed by atoms with Crippen LogP contribution < -0.4 is 5.73 Å². The Morgan fingerprint density at radius 2 is 1.56 bits per heavy atom. The van der Waals surface area contributed by atoms with Crippen molar-refractivity contribution in [2.24, 2.45) is 0 Å². The molecule has 0 unspecified atom stereocenters. The first-order valence-corrected chi connectivity index (χ1v) is 8.29. The molecule has 0 fully saturated rings. The number of nitrogens with zero attached hydrogens (tertiary/aromatic N) is 1. The molecule has 6 nitrogen and oxygen atoms in total. The van der Waals surface area contributed by atoms with Gasteiger partial charge in [-0.3, -0.25) is 4.98 Å². The number of aliphatic carboxylic acids is 2. The van der Waals surface area contributed by atoms with Crippen molar-refractivity contribution in [1.29, 1.82) is 0 Å². The average molecular weight is 342 g/mol. The monoisotopic (exact) mass is 342 g/mol. The van der Waals surface area contributed by atoms with Gasteiger partial charge in [-0.25, -0.2) is 9.59 Å². The van der Waals surface area contributed by atoms with Crippen LogP contribution in [0.4, 0.5) is 5.69 Å². The van der Waals surface area contributed by atoms with Crippen LogP contribution in [0, 0.1) is 0 Å². The van der Waals surface area contributed by atoms with Crippen LogP contribution in [0.1, 0.15) is 36.9 Å². The van der Waals surface area contributed by atoms with Gasteiger partial charge in [-0.2, -0.15) is 0 Å². The van der Waals surface area contributed by atoms with Crippen molar-refractivity contribution in [2.75, 3.05) is 5.73 Å². The fourth-order valence-corrected chi connectivity index (χ4v) is 2.91. The van der Waals surface area contributed by atoms with Gasteiger partial charge in [0.2, 0.25) is 0 Å². The second-order valence-corrected chi connectivity index (χ2v) is 5.89. The average Bonchev–Trinajstić information content (AvgIpc) is 2.55. The van der Waals surface area contributed by atoms with E-state index in [1.165, 1.54) is 36.9 Å². The molecule has 25 heavy (non-hydrogen) atoms. The third-order valence-electron chi connectivity index (χ3n) is 4.08. The van der Waals surface area contributed by atoms with Gasteiger partial charge >= 0.3 is 11.9 Å². The van der Waals surface area contributed by atoms with Crippen molar-refractivity contribution in [3.8, 4) is 0 Å². The second kappa shape index (κ2) is 8.82. The summed E-state index contributed by atoms with van der Waals surface area (Å²) < 4.78 is 0. The number of anilines is 1. The van der Waals surface area contributed by atoms with E-state index in [4.69, 9.17) is 20.9 Å². The van der Waals surface area contributed by atoms with Gasteiger partial charge in [-0.15, -0.1) is 0 Å². The van der Waals surface area contributed by atoms with Crippen molar-refractivity contribution in [2.45, 2.75) is 38.5 Å². The van der Waals surface area contributed by atoms with Gasteiger partial charge < -0.3 is 15.9 Å². The first-order valence-electron chi connectivity index (χ1n) is 8.29. The van der Waals surface area contributed by atoms with Gasteiger partial charge in [0.15, 0.2) is 0 Å². The van der Waals surface area contributed by atoms with Gasteiger partial charge in [0, 0.05) is 28.9 Å². The molecule has 1 heterocycles. The Labute approximate surface area is 146 Å². The smallest absolute Gasteiger partial charge is 0.328 e. The maximum Gasteiger partial charge on any atom is 0.328 e. The van der Waals surface area contributed by atoms with Crippen molar-refractivity contribution >= 4 is 28.5 Å². The predicted octanol–water partition coefficient (Wildman–Crippen LogP) is 3.19. The molecule has 1 aliphatic rings. The molecule has 4 N–H and O–H groups in total. The van der Waals surface area contributed by atoms with E-state index in [0.29, 0.717) is 12.2 Å². The van der Waals surface area contributed by atoms with Crippen molar-refractivity contribution < 1.29 is 19.8 Å². The van der Waals surface area contributed by atoms with E-state index in [-0.39, 0.29) is 0 Å². The summed E-state index contributed by atoms with van der Waals surface area (Å²) >= 11 is 0. The number of nitrogen functional groups attached to an aromatic ring is 1. The summed E-state index contributed by atoms with van der Waals surface area (Å²) in [5, 5.41) is 16.7. The molecule has 0 saturated carbocycles. The van der Waals surface area contributed by atoms with E-state index >= 15 is 0 Å². The topological polar surface area (TPSA) is 114 Å². The van der Waals surface area contributed by atoms with Gasteiger partial charge in [0.25, 0.3) is 0 Å². The highest BCUT2D eigenvalue weighted by Crippen LogP contribution is 2.29. The lowest BCUT2D eigenvalue weighted by Crippen LogP contribution is -2.07. The Hall–Kier alpha value is -2.89. The van der Waals surface area contributed by atoms with Gasteiger partial charge in [0.1, 0.15) is 0 Å². The Morgan fingerprint density at radius 3 is 2.20 bits per heavy atom. The zero-order valence-electron chi connectivity index (χ0n) is 13.9. The van der Waals surface area contributed by atoms with Crippen LogP contribution in [0.25, 0.3) is 10.9 Å². The van der Waals surface area contributed by atoms with Crippen molar-refractivity contribution in [3.63, 3.8) is 0 Å². The standard InChI is InChI=1S/C15H18N2.C4H4O4/c16-15-11-7-3-1-2-4-9-13(11)17-14-10-6-5-8-12(14)15;5-3(6)1-2-4(7)8/h5-6,8,10H,1-4,7,9H2,(H2,16,17);1-2H,(H,5,6)(H,7,8)/b;2-1-. The molecule has 0 radical (unpaired) electrons. The molecule has 0 amide bonds. The minimum absolute atomic E-state index is 0.558. The molecule has 0 spiro atoms. The largest absolute Gasteiger partial charge is 0.478 e. The molecule has 1 aromatic carbocycles. The molecule has 0 aliphatic heterocycles. The molecule has 1 aliphatic carbocycles. The Kier molecular flexibility index (Phi) is 6.51. The number of carboxylic acids is 2. The third kappa shape index (κ3) is 5.31. The number of aromatic nitrogens is 1. The first-order chi connectivity index (χ1) is 12.0. The van der Waals surface area contributed by atoms with Crippen LogP contribution >= 0.6 is 0 Å². The van der Waals surface area contributed by atoms with E-state index < -0.39 is 11.9 Å². The molecule has 132 valence electrons. The summed E-state index contributed by atoms with van der Waals surface area (Å²) in [6, 6.07) is 8.21. The lowest BCUT2D eigenvalue weighted by atomic mass is 9.94. The highest BCUT2D eigenvalue weighted by molar-refractivity contribution is 5.92. The number of aryl methyl sites for hydroxylation is 1. The van der Waals surface area contributed by atoms with Crippen LogP contribution in [0.2, 0.25) is 0 Å². The summed E-state index contributed by atoms with van der Waals surface area (Å²) in [6.45, 7) is 0. The molecule has 1 aromatic heterocycles. The van der Waals surface area contributed by atoms with Gasteiger partial charge in [0.05, 0.1) is 5.52 Å². The number of hydrogen-bond donors (Lipinski definition) is 3.